The number of hydrogen-bond acceptors (Lipinski definition) is 2. The predicted molar refractivity (Wildman–Crippen MR) is 71.3 cm³/mol. The summed E-state index contributed by atoms with van der Waals surface area (Å²) in [5.74, 6) is 0.588. The fraction of sp³-hybridized carbons (Fsp3) is 0.500. The molecule has 0 aliphatic carbocycles. The first-order valence-electron chi connectivity index (χ1n) is 5.33. The van der Waals surface area contributed by atoms with E-state index in [1.54, 1.807) is 0 Å². The van der Waals surface area contributed by atoms with Crippen molar-refractivity contribution in [2.45, 2.75) is 30.9 Å². The van der Waals surface area contributed by atoms with Crippen molar-refractivity contribution in [2.75, 3.05) is 7.05 Å². The maximum absolute atomic E-state index is 12.0. The lowest BCUT2D eigenvalue weighted by molar-refractivity contribution is 0.583. The molecule has 3 atom stereocenters. The maximum Gasteiger partial charge on any atom is 0.0488 e. The molecule has 0 fully saturated rings. The van der Waals surface area contributed by atoms with E-state index in [4.69, 9.17) is 11.6 Å². The number of halogens is 1. The zero-order chi connectivity index (χ0) is 12.1. The summed E-state index contributed by atoms with van der Waals surface area (Å²) in [7, 11) is 1.03. The van der Waals surface area contributed by atoms with Gasteiger partial charge in [-0.15, -0.1) is 0 Å². The van der Waals surface area contributed by atoms with Crippen LogP contribution in [0.4, 0.5) is 0 Å². The molecular formula is C12H18ClNOS. The highest BCUT2D eigenvalue weighted by Crippen LogP contribution is 2.13. The Morgan fingerprint density at radius 2 is 1.88 bits per heavy atom. The van der Waals surface area contributed by atoms with Crippen LogP contribution in [0.25, 0.3) is 0 Å². The molecule has 3 unspecified atom stereocenters. The molecule has 0 amide bonds. The van der Waals surface area contributed by atoms with E-state index in [-0.39, 0.29) is 11.3 Å². The van der Waals surface area contributed by atoms with Crippen LogP contribution in [0.5, 0.6) is 0 Å². The fourth-order valence-corrected chi connectivity index (χ4v) is 2.84. The molecule has 0 bridgehead atoms. The second kappa shape index (κ2) is 6.38. The van der Waals surface area contributed by atoms with Crippen LogP contribution >= 0.6 is 11.6 Å². The molecule has 0 aliphatic rings. The van der Waals surface area contributed by atoms with E-state index in [0.29, 0.717) is 10.8 Å². The highest BCUT2D eigenvalue weighted by atomic mass is 35.5. The lowest BCUT2D eigenvalue weighted by atomic mass is 10.2. The van der Waals surface area contributed by atoms with Gasteiger partial charge in [-0.2, -0.15) is 0 Å². The van der Waals surface area contributed by atoms with Crippen molar-refractivity contribution < 1.29 is 4.21 Å². The van der Waals surface area contributed by atoms with Crippen LogP contribution in [0.2, 0.25) is 5.02 Å². The minimum Gasteiger partial charge on any atom is -0.316 e. The monoisotopic (exact) mass is 259 g/mol. The first kappa shape index (κ1) is 13.7. The Balaban J connectivity index is 2.60. The number of hydrogen-bond donors (Lipinski definition) is 1. The third-order valence-corrected chi connectivity index (χ3v) is 4.90. The molecule has 16 heavy (non-hydrogen) atoms. The molecule has 4 heteroatoms. The second-order valence-electron chi connectivity index (χ2n) is 3.93. The normalized spacial score (nSPS) is 16.8. The van der Waals surface area contributed by atoms with E-state index in [1.807, 2.05) is 45.2 Å². The second-order valence-corrected chi connectivity index (χ2v) is 6.16. The minimum atomic E-state index is -0.858. The van der Waals surface area contributed by atoms with Crippen LogP contribution in [-0.4, -0.2) is 22.5 Å². The van der Waals surface area contributed by atoms with Gasteiger partial charge in [-0.05, 0) is 38.6 Å². The molecule has 0 aromatic heterocycles. The third-order valence-electron chi connectivity index (χ3n) is 2.80. The number of benzene rings is 1. The summed E-state index contributed by atoms with van der Waals surface area (Å²) in [6.07, 6.45) is 0. The van der Waals surface area contributed by atoms with Crippen LogP contribution in [-0.2, 0) is 16.6 Å². The van der Waals surface area contributed by atoms with Crippen LogP contribution in [0, 0.1) is 0 Å². The SMILES string of the molecule is CNC(C)C(C)S(=O)Cc1ccc(Cl)cc1. The van der Waals surface area contributed by atoms with Crippen molar-refractivity contribution in [1.82, 2.24) is 5.32 Å². The van der Waals surface area contributed by atoms with E-state index in [9.17, 15) is 4.21 Å². The molecular weight excluding hydrogens is 242 g/mol. The predicted octanol–water partition coefficient (Wildman–Crippen LogP) is 2.59. The summed E-state index contributed by atoms with van der Waals surface area (Å²) < 4.78 is 12.0. The minimum absolute atomic E-state index is 0.140. The van der Waals surface area contributed by atoms with Crippen molar-refractivity contribution in [3.05, 3.63) is 34.9 Å². The summed E-state index contributed by atoms with van der Waals surface area (Å²) in [5, 5.41) is 3.98. The van der Waals surface area contributed by atoms with Gasteiger partial charge in [0.25, 0.3) is 0 Å². The molecule has 0 radical (unpaired) electrons. The van der Waals surface area contributed by atoms with Gasteiger partial charge in [0.1, 0.15) is 0 Å². The van der Waals surface area contributed by atoms with E-state index < -0.39 is 10.8 Å². The number of rotatable bonds is 5. The van der Waals surface area contributed by atoms with Crippen LogP contribution < -0.4 is 5.32 Å². The molecule has 0 saturated carbocycles. The Hall–Kier alpha value is -0.380. The van der Waals surface area contributed by atoms with Crippen molar-refractivity contribution in [2.24, 2.45) is 0 Å². The van der Waals surface area contributed by atoms with Gasteiger partial charge in [0.05, 0.1) is 0 Å². The largest absolute Gasteiger partial charge is 0.316 e. The Morgan fingerprint density at radius 3 is 2.38 bits per heavy atom. The van der Waals surface area contributed by atoms with Crippen molar-refractivity contribution >= 4 is 22.4 Å². The number of nitrogens with one attached hydrogen (secondary N) is 1. The van der Waals surface area contributed by atoms with Crippen molar-refractivity contribution in [3.63, 3.8) is 0 Å². The van der Waals surface area contributed by atoms with Gasteiger partial charge in [0.15, 0.2) is 0 Å². The molecule has 1 rings (SSSR count). The first-order valence-corrected chi connectivity index (χ1v) is 7.09. The van der Waals surface area contributed by atoms with Gasteiger partial charge < -0.3 is 5.32 Å². The molecule has 0 heterocycles. The topological polar surface area (TPSA) is 29.1 Å². The van der Waals surface area contributed by atoms with Gasteiger partial charge in [-0.3, -0.25) is 4.21 Å². The third kappa shape index (κ3) is 3.89. The van der Waals surface area contributed by atoms with Gasteiger partial charge in [0, 0.05) is 32.9 Å². The molecule has 1 N–H and O–H groups in total. The fourth-order valence-electron chi connectivity index (χ4n) is 1.34. The molecule has 1 aromatic rings. The van der Waals surface area contributed by atoms with Crippen LogP contribution in [0.3, 0.4) is 0 Å². The summed E-state index contributed by atoms with van der Waals surface area (Å²) >= 11 is 5.80. The van der Waals surface area contributed by atoms with Crippen LogP contribution in [0.1, 0.15) is 19.4 Å². The smallest absolute Gasteiger partial charge is 0.0488 e. The van der Waals surface area contributed by atoms with Crippen LogP contribution in [0.15, 0.2) is 24.3 Å². The standard InChI is InChI=1S/C12H18ClNOS/c1-9(14-3)10(2)16(15)8-11-4-6-12(13)7-5-11/h4-7,9-10,14H,8H2,1-3H3. The Morgan fingerprint density at radius 1 is 1.31 bits per heavy atom. The summed E-state index contributed by atoms with van der Waals surface area (Å²) in [5.41, 5.74) is 1.07. The lowest BCUT2D eigenvalue weighted by Crippen LogP contribution is -2.36. The van der Waals surface area contributed by atoms with E-state index in [0.717, 1.165) is 5.56 Å². The van der Waals surface area contributed by atoms with E-state index in [1.165, 1.54) is 0 Å². The summed E-state index contributed by atoms with van der Waals surface area (Å²) in [6.45, 7) is 4.05. The highest BCUT2D eigenvalue weighted by molar-refractivity contribution is 7.84. The zero-order valence-electron chi connectivity index (χ0n) is 9.87. The highest BCUT2D eigenvalue weighted by Gasteiger charge is 2.17. The van der Waals surface area contributed by atoms with E-state index >= 15 is 0 Å². The molecule has 90 valence electrons. The molecule has 2 nitrogen and oxygen atoms in total. The average molecular weight is 260 g/mol. The molecule has 0 spiro atoms. The van der Waals surface area contributed by atoms with Gasteiger partial charge in [-0.1, -0.05) is 23.7 Å². The molecule has 0 aliphatic heterocycles. The Bertz CT molecular complexity index is 353. The zero-order valence-corrected chi connectivity index (χ0v) is 11.4. The maximum atomic E-state index is 12.0. The summed E-state index contributed by atoms with van der Waals surface area (Å²) in [4.78, 5) is 0. The van der Waals surface area contributed by atoms with Gasteiger partial charge >= 0.3 is 0 Å². The average Bonchev–Trinajstić information content (AvgIpc) is 2.30. The molecule has 1 aromatic carbocycles. The van der Waals surface area contributed by atoms with Crippen molar-refractivity contribution in [3.8, 4) is 0 Å². The quantitative estimate of drug-likeness (QED) is 0.881. The van der Waals surface area contributed by atoms with E-state index in [2.05, 4.69) is 5.32 Å². The van der Waals surface area contributed by atoms with Gasteiger partial charge in [0.2, 0.25) is 0 Å². The lowest BCUT2D eigenvalue weighted by Gasteiger charge is -2.18. The Labute approximate surface area is 105 Å². The first-order chi connectivity index (χ1) is 7.54. The van der Waals surface area contributed by atoms with Gasteiger partial charge in [-0.25, -0.2) is 0 Å². The Kier molecular flexibility index (Phi) is 5.46. The summed E-state index contributed by atoms with van der Waals surface area (Å²) in [6, 6.07) is 7.78. The molecule has 0 saturated heterocycles. The van der Waals surface area contributed by atoms with Crippen molar-refractivity contribution in [1.29, 1.82) is 0 Å².